The van der Waals surface area contributed by atoms with E-state index in [1.54, 1.807) is 0 Å². The number of para-hydroxylation sites is 1. The Kier molecular flexibility index (Phi) is 3.88. The minimum Gasteiger partial charge on any atom is -0.380 e. The van der Waals surface area contributed by atoms with E-state index < -0.39 is 0 Å². The molecule has 1 N–H and O–H groups in total. The molecule has 0 aromatic heterocycles. The van der Waals surface area contributed by atoms with Crippen LogP contribution in [0.2, 0.25) is 0 Å². The van der Waals surface area contributed by atoms with Gasteiger partial charge in [0.1, 0.15) is 0 Å². The zero-order valence-corrected chi connectivity index (χ0v) is 8.12. The number of benzene rings is 1. The maximum atomic E-state index is 11.4. The normalized spacial score (nSPS) is 9.50. The van der Waals surface area contributed by atoms with E-state index in [-0.39, 0.29) is 12.5 Å². The number of hydrogen-bond acceptors (Lipinski definition) is 2. The molecule has 14 heavy (non-hydrogen) atoms. The molecular weight excluding hydrogens is 178 g/mol. The first kappa shape index (κ1) is 10.5. The second-order valence-electron chi connectivity index (χ2n) is 2.86. The molecule has 0 bridgehead atoms. The van der Waals surface area contributed by atoms with Crippen molar-refractivity contribution in [2.75, 3.05) is 19.0 Å². The molecule has 0 fully saturated rings. The number of carbonyl (C=O) groups is 1. The Balaban J connectivity index is 2.53. The van der Waals surface area contributed by atoms with Crippen molar-refractivity contribution in [2.24, 2.45) is 0 Å². The molecule has 3 nitrogen and oxygen atoms in total. The van der Waals surface area contributed by atoms with Crippen molar-refractivity contribution in [3.05, 3.63) is 42.5 Å². The van der Waals surface area contributed by atoms with E-state index >= 15 is 0 Å². The fourth-order valence-corrected chi connectivity index (χ4v) is 0.981. The van der Waals surface area contributed by atoms with Gasteiger partial charge in [0.25, 0.3) is 5.91 Å². The van der Waals surface area contributed by atoms with Gasteiger partial charge in [-0.05, 0) is 12.1 Å². The monoisotopic (exact) mass is 191 g/mol. The van der Waals surface area contributed by atoms with E-state index in [1.807, 2.05) is 30.3 Å². The van der Waals surface area contributed by atoms with Crippen molar-refractivity contribution in [1.82, 2.24) is 0 Å². The molecule has 0 radical (unpaired) electrons. The third kappa shape index (κ3) is 3.03. The number of nitrogens with one attached hydrogen (secondary N) is 1. The molecule has 0 atom stereocenters. The molecule has 3 heteroatoms. The number of amides is 1. The van der Waals surface area contributed by atoms with Crippen LogP contribution in [-0.4, -0.2) is 19.6 Å². The Labute approximate surface area is 83.4 Å². The fourth-order valence-electron chi connectivity index (χ4n) is 0.981. The molecular formula is C11H13NO2. The molecule has 1 rings (SSSR count). The number of ether oxygens (including phenoxy) is 1. The Bertz CT molecular complexity index is 319. The lowest BCUT2D eigenvalue weighted by Gasteiger charge is -2.06. The topological polar surface area (TPSA) is 38.3 Å². The molecule has 1 amide bonds. The van der Waals surface area contributed by atoms with E-state index in [0.29, 0.717) is 5.57 Å². The van der Waals surface area contributed by atoms with Gasteiger partial charge in [0.2, 0.25) is 0 Å². The van der Waals surface area contributed by atoms with Crippen LogP contribution in [0.3, 0.4) is 0 Å². The van der Waals surface area contributed by atoms with E-state index in [9.17, 15) is 4.79 Å². The number of hydrogen-bond donors (Lipinski definition) is 1. The third-order valence-corrected chi connectivity index (χ3v) is 1.67. The van der Waals surface area contributed by atoms with Crippen LogP contribution in [0.1, 0.15) is 0 Å². The summed E-state index contributed by atoms with van der Waals surface area (Å²) in [5.74, 6) is -0.210. The summed E-state index contributed by atoms with van der Waals surface area (Å²) in [7, 11) is 1.53. The molecule has 0 aliphatic heterocycles. The summed E-state index contributed by atoms with van der Waals surface area (Å²) >= 11 is 0. The van der Waals surface area contributed by atoms with Crippen molar-refractivity contribution in [2.45, 2.75) is 0 Å². The first-order valence-electron chi connectivity index (χ1n) is 4.27. The molecule has 1 aromatic rings. The van der Waals surface area contributed by atoms with Crippen molar-refractivity contribution < 1.29 is 9.53 Å². The SMILES string of the molecule is C=C(COC)C(=O)Nc1ccccc1. The summed E-state index contributed by atoms with van der Waals surface area (Å²) < 4.78 is 4.80. The average molecular weight is 191 g/mol. The lowest BCUT2D eigenvalue weighted by atomic mass is 10.2. The highest BCUT2D eigenvalue weighted by Gasteiger charge is 2.05. The van der Waals surface area contributed by atoms with Crippen LogP contribution < -0.4 is 5.32 Å². The van der Waals surface area contributed by atoms with Gasteiger partial charge in [-0.1, -0.05) is 24.8 Å². The first-order valence-corrected chi connectivity index (χ1v) is 4.27. The van der Waals surface area contributed by atoms with E-state index in [4.69, 9.17) is 4.74 Å². The van der Waals surface area contributed by atoms with Gasteiger partial charge in [-0.15, -0.1) is 0 Å². The molecule has 1 aromatic carbocycles. The van der Waals surface area contributed by atoms with Gasteiger partial charge in [0.05, 0.1) is 6.61 Å². The largest absolute Gasteiger partial charge is 0.380 e. The molecule has 0 aliphatic carbocycles. The van der Waals surface area contributed by atoms with Crippen molar-refractivity contribution in [3.8, 4) is 0 Å². The van der Waals surface area contributed by atoms with Crippen molar-refractivity contribution in [3.63, 3.8) is 0 Å². The maximum Gasteiger partial charge on any atom is 0.253 e. The summed E-state index contributed by atoms with van der Waals surface area (Å²) in [5, 5.41) is 2.71. The van der Waals surface area contributed by atoms with Crippen LogP contribution in [0.25, 0.3) is 0 Å². The van der Waals surface area contributed by atoms with Gasteiger partial charge in [0, 0.05) is 18.4 Å². The highest BCUT2D eigenvalue weighted by Crippen LogP contribution is 2.06. The fraction of sp³-hybridized carbons (Fsp3) is 0.182. The van der Waals surface area contributed by atoms with Gasteiger partial charge in [0.15, 0.2) is 0 Å². The summed E-state index contributed by atoms with van der Waals surface area (Å²) in [4.78, 5) is 11.4. The van der Waals surface area contributed by atoms with E-state index in [1.165, 1.54) is 7.11 Å². The minimum absolute atomic E-state index is 0.210. The quantitative estimate of drug-likeness (QED) is 0.737. The lowest BCUT2D eigenvalue weighted by Crippen LogP contribution is -2.16. The minimum atomic E-state index is -0.210. The van der Waals surface area contributed by atoms with Crippen LogP contribution in [0, 0.1) is 0 Å². The summed E-state index contributed by atoms with van der Waals surface area (Å²) in [6.07, 6.45) is 0. The van der Waals surface area contributed by atoms with Gasteiger partial charge >= 0.3 is 0 Å². The zero-order valence-electron chi connectivity index (χ0n) is 8.12. The van der Waals surface area contributed by atoms with Crippen molar-refractivity contribution >= 4 is 11.6 Å². The van der Waals surface area contributed by atoms with Gasteiger partial charge in [-0.2, -0.15) is 0 Å². The predicted molar refractivity (Wildman–Crippen MR) is 56.1 cm³/mol. The van der Waals surface area contributed by atoms with Crippen LogP contribution in [0.4, 0.5) is 5.69 Å². The second kappa shape index (κ2) is 5.19. The molecule has 0 aliphatic rings. The molecule has 0 saturated heterocycles. The number of methoxy groups -OCH3 is 1. The predicted octanol–water partition coefficient (Wildman–Crippen LogP) is 1.83. The van der Waals surface area contributed by atoms with E-state index in [0.717, 1.165) is 5.69 Å². The number of carbonyl (C=O) groups excluding carboxylic acids is 1. The molecule has 74 valence electrons. The summed E-state index contributed by atoms with van der Waals surface area (Å²) in [6.45, 7) is 3.85. The van der Waals surface area contributed by atoms with E-state index in [2.05, 4.69) is 11.9 Å². The Hall–Kier alpha value is -1.61. The van der Waals surface area contributed by atoms with Crippen LogP contribution in [0.5, 0.6) is 0 Å². The second-order valence-corrected chi connectivity index (χ2v) is 2.86. The average Bonchev–Trinajstić information content (AvgIpc) is 2.19. The Morgan fingerprint density at radius 3 is 2.64 bits per heavy atom. The summed E-state index contributed by atoms with van der Waals surface area (Å²) in [6, 6.07) is 9.24. The van der Waals surface area contributed by atoms with Crippen LogP contribution in [0.15, 0.2) is 42.5 Å². The van der Waals surface area contributed by atoms with Gasteiger partial charge in [-0.25, -0.2) is 0 Å². The van der Waals surface area contributed by atoms with Gasteiger partial charge in [-0.3, -0.25) is 4.79 Å². The smallest absolute Gasteiger partial charge is 0.253 e. The number of anilines is 1. The number of rotatable bonds is 4. The Morgan fingerprint density at radius 2 is 2.07 bits per heavy atom. The molecule has 0 unspecified atom stereocenters. The lowest BCUT2D eigenvalue weighted by molar-refractivity contribution is -0.113. The standard InChI is InChI=1S/C11H13NO2/c1-9(8-14-2)11(13)12-10-6-4-3-5-7-10/h3-7H,1,8H2,2H3,(H,12,13). The molecule has 0 spiro atoms. The highest BCUT2D eigenvalue weighted by molar-refractivity contribution is 6.03. The Morgan fingerprint density at radius 1 is 1.43 bits per heavy atom. The zero-order chi connectivity index (χ0) is 10.4. The molecule has 0 saturated carbocycles. The van der Waals surface area contributed by atoms with Crippen LogP contribution in [-0.2, 0) is 9.53 Å². The van der Waals surface area contributed by atoms with Crippen LogP contribution >= 0.6 is 0 Å². The third-order valence-electron chi connectivity index (χ3n) is 1.67. The maximum absolute atomic E-state index is 11.4. The van der Waals surface area contributed by atoms with Crippen molar-refractivity contribution in [1.29, 1.82) is 0 Å². The highest BCUT2D eigenvalue weighted by atomic mass is 16.5. The first-order chi connectivity index (χ1) is 6.74. The van der Waals surface area contributed by atoms with Gasteiger partial charge < -0.3 is 10.1 Å². The summed E-state index contributed by atoms with van der Waals surface area (Å²) in [5.41, 5.74) is 1.17. The molecule has 0 heterocycles.